The Morgan fingerprint density at radius 1 is 1.25 bits per heavy atom. The predicted molar refractivity (Wildman–Crippen MR) is 62.1 cm³/mol. The zero-order chi connectivity index (χ0) is 11.6. The molecule has 3 nitrogen and oxygen atoms in total. The fourth-order valence-corrected chi connectivity index (χ4v) is 2.36. The van der Waals surface area contributed by atoms with E-state index in [0.717, 1.165) is 18.4 Å². The summed E-state index contributed by atoms with van der Waals surface area (Å²) in [7, 11) is 0. The van der Waals surface area contributed by atoms with Crippen LogP contribution >= 0.6 is 0 Å². The minimum Gasteiger partial charge on any atom is -0.440 e. The minimum atomic E-state index is -0.390. The molecule has 1 heterocycles. The SMILES string of the molecule is CCC1(CC)OC(=O)NC1c1ccccc1. The lowest BCUT2D eigenvalue weighted by Gasteiger charge is -2.30. The highest BCUT2D eigenvalue weighted by Crippen LogP contribution is 2.39. The molecule has 0 radical (unpaired) electrons. The molecule has 2 rings (SSSR count). The summed E-state index contributed by atoms with van der Waals surface area (Å²) >= 11 is 0. The third-order valence-corrected chi connectivity index (χ3v) is 3.41. The van der Waals surface area contributed by atoms with Crippen LogP contribution in [0.4, 0.5) is 4.79 Å². The van der Waals surface area contributed by atoms with Crippen molar-refractivity contribution in [3.05, 3.63) is 35.9 Å². The first-order valence-corrected chi connectivity index (χ1v) is 5.76. The molecule has 1 saturated heterocycles. The van der Waals surface area contributed by atoms with Gasteiger partial charge in [-0.1, -0.05) is 44.2 Å². The number of hydrogen-bond donors (Lipinski definition) is 1. The van der Waals surface area contributed by atoms with Gasteiger partial charge in [0, 0.05) is 0 Å². The number of amides is 1. The summed E-state index contributed by atoms with van der Waals surface area (Å²) in [5.41, 5.74) is 0.718. The second kappa shape index (κ2) is 4.16. The van der Waals surface area contributed by atoms with Crippen LogP contribution in [0.25, 0.3) is 0 Å². The normalized spacial score (nSPS) is 22.6. The number of carbonyl (C=O) groups is 1. The van der Waals surface area contributed by atoms with E-state index < -0.39 is 5.60 Å². The molecule has 1 aliphatic heterocycles. The van der Waals surface area contributed by atoms with Gasteiger partial charge in [-0.2, -0.15) is 0 Å². The van der Waals surface area contributed by atoms with Gasteiger partial charge in [0.05, 0.1) is 6.04 Å². The van der Waals surface area contributed by atoms with Crippen LogP contribution in [0.15, 0.2) is 30.3 Å². The Bertz CT molecular complexity index is 371. The Labute approximate surface area is 95.8 Å². The molecule has 1 unspecified atom stereocenters. The van der Waals surface area contributed by atoms with Crippen LogP contribution in [0.1, 0.15) is 38.3 Å². The van der Waals surface area contributed by atoms with Gasteiger partial charge in [-0.25, -0.2) is 4.79 Å². The predicted octanol–water partition coefficient (Wildman–Crippen LogP) is 3.03. The molecule has 1 N–H and O–H groups in total. The molecule has 16 heavy (non-hydrogen) atoms. The number of nitrogens with one attached hydrogen (secondary N) is 1. The average Bonchev–Trinajstić information content (AvgIpc) is 2.68. The van der Waals surface area contributed by atoms with Crippen molar-refractivity contribution in [2.24, 2.45) is 0 Å². The van der Waals surface area contributed by atoms with Gasteiger partial charge in [0.15, 0.2) is 0 Å². The molecule has 1 atom stereocenters. The fourth-order valence-electron chi connectivity index (χ4n) is 2.36. The first-order chi connectivity index (χ1) is 7.72. The van der Waals surface area contributed by atoms with Crippen molar-refractivity contribution in [3.63, 3.8) is 0 Å². The summed E-state index contributed by atoms with van der Waals surface area (Å²) in [6.07, 6.45) is 1.33. The molecular weight excluding hydrogens is 202 g/mol. The van der Waals surface area contributed by atoms with Gasteiger partial charge in [-0.05, 0) is 18.4 Å². The molecule has 1 aromatic carbocycles. The lowest BCUT2D eigenvalue weighted by atomic mass is 9.85. The van der Waals surface area contributed by atoms with E-state index in [0.29, 0.717) is 0 Å². The monoisotopic (exact) mass is 219 g/mol. The zero-order valence-corrected chi connectivity index (χ0v) is 9.69. The molecule has 0 aromatic heterocycles. The van der Waals surface area contributed by atoms with Gasteiger partial charge in [-0.15, -0.1) is 0 Å². The smallest absolute Gasteiger partial charge is 0.408 e. The largest absolute Gasteiger partial charge is 0.440 e. The molecule has 1 amide bonds. The summed E-state index contributed by atoms with van der Waals surface area (Å²) in [6, 6.07) is 9.96. The number of alkyl carbamates (subject to hydrolysis) is 1. The third-order valence-electron chi connectivity index (χ3n) is 3.41. The quantitative estimate of drug-likeness (QED) is 0.848. The van der Waals surface area contributed by atoms with Crippen molar-refractivity contribution in [2.45, 2.75) is 38.3 Å². The Hall–Kier alpha value is -1.51. The van der Waals surface area contributed by atoms with Crippen LogP contribution in [0, 0.1) is 0 Å². The lowest BCUT2D eigenvalue weighted by molar-refractivity contribution is 0.0288. The van der Waals surface area contributed by atoms with E-state index >= 15 is 0 Å². The summed E-state index contributed by atoms with van der Waals surface area (Å²) in [5.74, 6) is 0. The van der Waals surface area contributed by atoms with Crippen LogP contribution in [-0.2, 0) is 4.74 Å². The fraction of sp³-hybridized carbons (Fsp3) is 0.462. The molecule has 0 aliphatic carbocycles. The van der Waals surface area contributed by atoms with Crippen LogP contribution in [0.2, 0.25) is 0 Å². The van der Waals surface area contributed by atoms with E-state index in [1.807, 2.05) is 30.3 Å². The second-order valence-electron chi connectivity index (χ2n) is 4.15. The third kappa shape index (κ3) is 1.66. The number of ether oxygens (including phenoxy) is 1. The number of carbonyl (C=O) groups excluding carboxylic acids is 1. The Kier molecular flexibility index (Phi) is 2.86. The molecule has 0 bridgehead atoms. The molecule has 0 spiro atoms. The molecule has 3 heteroatoms. The minimum absolute atomic E-state index is 0.0313. The first kappa shape index (κ1) is 11.0. The van der Waals surface area contributed by atoms with Crippen molar-refractivity contribution >= 4 is 6.09 Å². The highest BCUT2D eigenvalue weighted by atomic mass is 16.6. The standard InChI is InChI=1S/C13H17NO2/c1-3-13(4-2)11(14-12(15)16-13)10-8-6-5-7-9-10/h5-9,11H,3-4H2,1-2H3,(H,14,15). The Balaban J connectivity index is 2.36. The van der Waals surface area contributed by atoms with E-state index in [2.05, 4.69) is 19.2 Å². The molecule has 86 valence electrons. The van der Waals surface area contributed by atoms with Gasteiger partial charge in [0.25, 0.3) is 0 Å². The summed E-state index contributed by atoms with van der Waals surface area (Å²) < 4.78 is 5.46. The topological polar surface area (TPSA) is 38.3 Å². The van der Waals surface area contributed by atoms with Crippen molar-refractivity contribution in [1.29, 1.82) is 0 Å². The zero-order valence-electron chi connectivity index (χ0n) is 9.69. The maximum absolute atomic E-state index is 11.4. The van der Waals surface area contributed by atoms with Crippen molar-refractivity contribution < 1.29 is 9.53 Å². The Morgan fingerprint density at radius 2 is 1.88 bits per heavy atom. The van der Waals surface area contributed by atoms with Crippen molar-refractivity contribution in [2.75, 3.05) is 0 Å². The number of cyclic esters (lactones) is 1. The van der Waals surface area contributed by atoms with Crippen molar-refractivity contribution in [1.82, 2.24) is 5.32 Å². The van der Waals surface area contributed by atoms with E-state index in [4.69, 9.17) is 4.74 Å². The molecule has 1 aromatic rings. The lowest BCUT2D eigenvalue weighted by Crippen LogP contribution is -2.35. The average molecular weight is 219 g/mol. The van der Waals surface area contributed by atoms with Crippen LogP contribution in [0.3, 0.4) is 0 Å². The second-order valence-corrected chi connectivity index (χ2v) is 4.15. The van der Waals surface area contributed by atoms with Gasteiger partial charge in [0.1, 0.15) is 5.60 Å². The highest BCUT2D eigenvalue weighted by molar-refractivity contribution is 5.71. The number of benzene rings is 1. The van der Waals surface area contributed by atoms with Crippen molar-refractivity contribution in [3.8, 4) is 0 Å². The van der Waals surface area contributed by atoms with E-state index in [-0.39, 0.29) is 12.1 Å². The van der Waals surface area contributed by atoms with Gasteiger partial charge >= 0.3 is 6.09 Å². The maximum atomic E-state index is 11.4. The summed E-state index contributed by atoms with van der Waals surface area (Å²) in [6.45, 7) is 4.11. The van der Waals surface area contributed by atoms with E-state index in [1.54, 1.807) is 0 Å². The molecule has 1 fully saturated rings. The first-order valence-electron chi connectivity index (χ1n) is 5.76. The van der Waals surface area contributed by atoms with Crippen LogP contribution in [0.5, 0.6) is 0 Å². The summed E-state index contributed by atoms with van der Waals surface area (Å²) in [5, 5.41) is 2.90. The molecular formula is C13H17NO2. The molecule has 0 saturated carbocycles. The summed E-state index contributed by atoms with van der Waals surface area (Å²) in [4.78, 5) is 11.4. The van der Waals surface area contributed by atoms with E-state index in [1.165, 1.54) is 0 Å². The highest BCUT2D eigenvalue weighted by Gasteiger charge is 2.46. The Morgan fingerprint density at radius 3 is 2.44 bits per heavy atom. The van der Waals surface area contributed by atoms with Crippen LogP contribution < -0.4 is 5.32 Å². The van der Waals surface area contributed by atoms with Gasteiger partial charge in [0.2, 0.25) is 0 Å². The van der Waals surface area contributed by atoms with Crippen LogP contribution in [-0.4, -0.2) is 11.7 Å². The number of rotatable bonds is 3. The van der Waals surface area contributed by atoms with Gasteiger partial charge in [-0.3, -0.25) is 0 Å². The van der Waals surface area contributed by atoms with E-state index in [9.17, 15) is 4.79 Å². The number of hydrogen-bond acceptors (Lipinski definition) is 2. The van der Waals surface area contributed by atoms with Gasteiger partial charge < -0.3 is 10.1 Å². The maximum Gasteiger partial charge on any atom is 0.408 e. The molecule has 1 aliphatic rings.